The van der Waals surface area contributed by atoms with Crippen molar-refractivity contribution in [2.45, 2.75) is 33.3 Å². The van der Waals surface area contributed by atoms with E-state index in [2.05, 4.69) is 0 Å². The summed E-state index contributed by atoms with van der Waals surface area (Å²) in [5.41, 5.74) is -1.71. The van der Waals surface area contributed by atoms with Crippen LogP contribution < -0.4 is 0 Å². The molecule has 4 nitrogen and oxygen atoms in total. The van der Waals surface area contributed by atoms with Crippen LogP contribution in [0.5, 0.6) is 5.75 Å². The third-order valence-electron chi connectivity index (χ3n) is 4.10. The molecule has 2 N–H and O–H groups in total. The predicted molar refractivity (Wildman–Crippen MR) is 65.5 cm³/mol. The molecule has 0 radical (unpaired) electrons. The number of benzene rings is 1. The number of hydrogen-bond donors (Lipinski definition) is 2. The molecule has 0 saturated heterocycles. The van der Waals surface area contributed by atoms with Crippen molar-refractivity contribution in [2.24, 2.45) is 5.41 Å². The van der Waals surface area contributed by atoms with Crippen molar-refractivity contribution < 1.29 is 19.8 Å². The normalized spacial score (nSPS) is 26.1. The van der Waals surface area contributed by atoms with E-state index in [9.17, 15) is 19.8 Å². The van der Waals surface area contributed by atoms with E-state index in [-0.39, 0.29) is 11.3 Å². The molecule has 0 amide bonds. The van der Waals surface area contributed by atoms with Crippen LogP contribution in [0, 0.1) is 12.3 Å². The number of aliphatic hydroxyl groups is 1. The molecule has 0 bridgehead atoms. The highest BCUT2D eigenvalue weighted by Gasteiger charge is 2.54. The summed E-state index contributed by atoms with van der Waals surface area (Å²) in [6, 6.07) is 2.82. The number of aromatic hydroxyl groups is 1. The molecular weight excluding hydrogens is 232 g/mol. The van der Waals surface area contributed by atoms with Crippen LogP contribution in [0.15, 0.2) is 12.1 Å². The Bertz CT molecular complexity index is 567. The first-order valence-electron chi connectivity index (χ1n) is 5.76. The van der Waals surface area contributed by atoms with Crippen molar-refractivity contribution in [1.82, 2.24) is 0 Å². The van der Waals surface area contributed by atoms with Crippen LogP contribution in [-0.4, -0.2) is 21.8 Å². The molecule has 0 aromatic heterocycles. The first-order valence-corrected chi connectivity index (χ1v) is 5.76. The van der Waals surface area contributed by atoms with Gasteiger partial charge in [-0.2, -0.15) is 0 Å². The van der Waals surface area contributed by atoms with Crippen molar-refractivity contribution in [3.63, 3.8) is 0 Å². The average Bonchev–Trinajstić information content (AvgIpc) is 2.28. The number of phenols is 1. The van der Waals surface area contributed by atoms with Crippen LogP contribution in [-0.2, 0) is 10.4 Å². The highest BCUT2D eigenvalue weighted by Crippen LogP contribution is 2.47. The fraction of sp³-hybridized carbons (Fsp3) is 0.429. The van der Waals surface area contributed by atoms with Gasteiger partial charge in [-0.15, -0.1) is 0 Å². The molecule has 4 heteroatoms. The van der Waals surface area contributed by atoms with Gasteiger partial charge in [-0.05, 0) is 51.0 Å². The quantitative estimate of drug-likeness (QED) is 0.685. The van der Waals surface area contributed by atoms with Crippen LogP contribution in [0.4, 0.5) is 0 Å². The summed E-state index contributed by atoms with van der Waals surface area (Å²) in [6.45, 7) is 6.20. The Kier molecular flexibility index (Phi) is 2.42. The summed E-state index contributed by atoms with van der Waals surface area (Å²) >= 11 is 0. The second-order valence-electron chi connectivity index (χ2n) is 5.54. The van der Waals surface area contributed by atoms with Gasteiger partial charge in [-0.1, -0.05) is 0 Å². The van der Waals surface area contributed by atoms with Crippen molar-refractivity contribution in [3.8, 4) is 5.75 Å². The molecule has 0 unspecified atom stereocenters. The number of phenolic OH excluding ortho intramolecular Hbond substituents is 1. The topological polar surface area (TPSA) is 74.6 Å². The van der Waals surface area contributed by atoms with Crippen LogP contribution in [0.25, 0.3) is 0 Å². The third kappa shape index (κ3) is 1.35. The molecule has 0 aliphatic heterocycles. The maximum atomic E-state index is 12.0. The molecule has 0 fully saturated rings. The summed E-state index contributed by atoms with van der Waals surface area (Å²) < 4.78 is 0. The van der Waals surface area contributed by atoms with E-state index in [0.29, 0.717) is 11.1 Å². The van der Waals surface area contributed by atoms with Crippen molar-refractivity contribution in [1.29, 1.82) is 0 Å². The van der Waals surface area contributed by atoms with Gasteiger partial charge >= 0.3 is 0 Å². The Morgan fingerprint density at radius 2 is 1.67 bits per heavy atom. The van der Waals surface area contributed by atoms with Gasteiger partial charge in [0.15, 0.2) is 0 Å². The van der Waals surface area contributed by atoms with Crippen molar-refractivity contribution >= 4 is 11.6 Å². The van der Waals surface area contributed by atoms with E-state index < -0.39 is 22.6 Å². The lowest BCUT2D eigenvalue weighted by Crippen LogP contribution is -2.52. The molecule has 0 heterocycles. The van der Waals surface area contributed by atoms with Gasteiger partial charge in [0.25, 0.3) is 0 Å². The van der Waals surface area contributed by atoms with Gasteiger partial charge in [0.2, 0.25) is 11.6 Å². The second kappa shape index (κ2) is 3.42. The number of hydrogen-bond acceptors (Lipinski definition) is 4. The Labute approximate surface area is 105 Å². The molecule has 0 saturated carbocycles. The van der Waals surface area contributed by atoms with E-state index in [1.54, 1.807) is 6.92 Å². The Hall–Kier alpha value is -1.68. The number of Topliss-reactive ketones (excluding diaryl/α,β-unsaturated/α-hetero) is 2. The summed E-state index contributed by atoms with van der Waals surface area (Å²) in [6.07, 6.45) is 0. The number of ketones is 2. The molecule has 1 aromatic carbocycles. The summed E-state index contributed by atoms with van der Waals surface area (Å²) in [7, 11) is 0. The minimum atomic E-state index is -1.49. The van der Waals surface area contributed by atoms with Crippen LogP contribution in [0.3, 0.4) is 0 Å². The van der Waals surface area contributed by atoms with E-state index >= 15 is 0 Å². The van der Waals surface area contributed by atoms with E-state index in [0.717, 1.165) is 0 Å². The molecule has 1 atom stereocenters. The van der Waals surface area contributed by atoms with E-state index in [1.165, 1.54) is 32.9 Å². The Morgan fingerprint density at radius 3 is 2.22 bits per heavy atom. The van der Waals surface area contributed by atoms with Gasteiger partial charge in [-0.25, -0.2) is 0 Å². The molecular formula is C14H16O4. The number of rotatable bonds is 0. The molecule has 0 spiro atoms. The number of aryl methyl sites for hydroxylation is 1. The summed E-state index contributed by atoms with van der Waals surface area (Å²) in [5, 5.41) is 20.3. The smallest absolute Gasteiger partial charge is 0.229 e. The lowest BCUT2D eigenvalue weighted by atomic mass is 9.62. The summed E-state index contributed by atoms with van der Waals surface area (Å²) in [5.74, 6) is -1.21. The zero-order valence-electron chi connectivity index (χ0n) is 10.9. The lowest BCUT2D eigenvalue weighted by Gasteiger charge is -2.43. The van der Waals surface area contributed by atoms with E-state index in [4.69, 9.17) is 0 Å². The number of carbonyl (C=O) groups excluding carboxylic acids is 2. The minimum absolute atomic E-state index is 0.00646. The first kappa shape index (κ1) is 12.8. The van der Waals surface area contributed by atoms with Crippen molar-refractivity contribution in [3.05, 3.63) is 28.8 Å². The number of carbonyl (C=O) groups is 2. The van der Waals surface area contributed by atoms with Gasteiger partial charge in [0.1, 0.15) is 11.4 Å². The average molecular weight is 248 g/mol. The molecule has 18 heavy (non-hydrogen) atoms. The fourth-order valence-electron chi connectivity index (χ4n) is 2.25. The fourth-order valence-corrected chi connectivity index (χ4v) is 2.25. The van der Waals surface area contributed by atoms with Gasteiger partial charge in [0, 0.05) is 5.56 Å². The maximum absolute atomic E-state index is 12.0. The second-order valence-corrected chi connectivity index (χ2v) is 5.54. The highest BCUT2D eigenvalue weighted by atomic mass is 16.3. The maximum Gasteiger partial charge on any atom is 0.229 e. The number of fused-ring (bicyclic) bond motifs is 1. The molecule has 1 aliphatic rings. The van der Waals surface area contributed by atoms with Crippen LogP contribution in [0.2, 0.25) is 0 Å². The van der Waals surface area contributed by atoms with Crippen molar-refractivity contribution in [2.75, 3.05) is 0 Å². The molecule has 1 aromatic rings. The molecule has 96 valence electrons. The van der Waals surface area contributed by atoms with Gasteiger partial charge < -0.3 is 10.2 Å². The standard InChI is InChI=1S/C14H16O4/c1-7-5-8-9(6-10(7)15)14(4,18)13(2,3)12(17)11(8)16/h5-6,15,18H,1-4H3/t14-/m1/s1. The third-order valence-corrected chi connectivity index (χ3v) is 4.10. The predicted octanol–water partition coefficient (Wildman–Crippen LogP) is 1.70. The van der Waals surface area contributed by atoms with Gasteiger partial charge in [0.05, 0.1) is 5.41 Å². The Balaban J connectivity index is 2.84. The van der Waals surface area contributed by atoms with Crippen LogP contribution >= 0.6 is 0 Å². The zero-order valence-corrected chi connectivity index (χ0v) is 10.9. The monoisotopic (exact) mass is 248 g/mol. The zero-order chi connectivity index (χ0) is 13.9. The van der Waals surface area contributed by atoms with E-state index in [1.807, 2.05) is 0 Å². The van der Waals surface area contributed by atoms with Crippen LogP contribution in [0.1, 0.15) is 42.3 Å². The SMILES string of the molecule is Cc1cc2c(cc1O)[C@@](C)(O)C(C)(C)C(=O)C2=O. The highest BCUT2D eigenvalue weighted by molar-refractivity contribution is 6.46. The molecule has 2 rings (SSSR count). The minimum Gasteiger partial charge on any atom is -0.508 e. The largest absolute Gasteiger partial charge is 0.508 e. The first-order chi connectivity index (χ1) is 8.10. The molecule has 1 aliphatic carbocycles. The Morgan fingerprint density at radius 1 is 1.11 bits per heavy atom. The van der Waals surface area contributed by atoms with Gasteiger partial charge in [-0.3, -0.25) is 9.59 Å². The lowest BCUT2D eigenvalue weighted by molar-refractivity contribution is -0.140. The summed E-state index contributed by atoms with van der Waals surface area (Å²) in [4.78, 5) is 24.1.